The molecule has 6 nitrogen and oxygen atoms in total. The van der Waals surface area contributed by atoms with Gasteiger partial charge in [0.15, 0.2) is 0 Å². The molecule has 158 valence electrons. The topological polar surface area (TPSA) is 62.5 Å². The van der Waals surface area contributed by atoms with Gasteiger partial charge < -0.3 is 9.42 Å². The third-order valence-corrected chi connectivity index (χ3v) is 7.28. The Labute approximate surface area is 177 Å². The largest absolute Gasteiger partial charge is 0.340 e. The van der Waals surface area contributed by atoms with E-state index in [1.165, 1.54) is 32.1 Å². The van der Waals surface area contributed by atoms with Crippen LogP contribution in [0.5, 0.6) is 0 Å². The Bertz CT molecular complexity index is 760. The maximum absolute atomic E-state index is 12.9. The Kier molecular flexibility index (Phi) is 6.98. The van der Waals surface area contributed by atoms with Crippen molar-refractivity contribution in [3.05, 3.63) is 23.4 Å². The van der Waals surface area contributed by atoms with Crippen molar-refractivity contribution >= 4 is 17.2 Å². The van der Waals surface area contributed by atoms with Crippen LogP contribution in [0.3, 0.4) is 0 Å². The third-order valence-electron chi connectivity index (χ3n) is 6.41. The first-order valence-corrected chi connectivity index (χ1v) is 12.0. The van der Waals surface area contributed by atoms with E-state index < -0.39 is 0 Å². The van der Waals surface area contributed by atoms with Crippen LogP contribution in [0.2, 0.25) is 0 Å². The van der Waals surface area contributed by atoms with Crippen LogP contribution in [0.1, 0.15) is 57.8 Å². The van der Waals surface area contributed by atoms with Crippen LogP contribution in [0.4, 0.5) is 0 Å². The average Bonchev–Trinajstić information content (AvgIpc) is 3.45. The van der Waals surface area contributed by atoms with Crippen LogP contribution in [0, 0.1) is 11.8 Å². The lowest BCUT2D eigenvalue weighted by Crippen LogP contribution is -2.50. The SMILES string of the molecule is CCCCC1CCC(C(=O)N2CCN(Cc3nc(-c4cccs4)no3)CC2)CC1. The number of hydrogen-bond acceptors (Lipinski definition) is 6. The van der Waals surface area contributed by atoms with Crippen molar-refractivity contribution in [3.63, 3.8) is 0 Å². The molecule has 0 atom stereocenters. The van der Waals surface area contributed by atoms with E-state index in [-0.39, 0.29) is 5.92 Å². The fourth-order valence-electron chi connectivity index (χ4n) is 4.59. The molecule has 1 aliphatic heterocycles. The molecular weight excluding hydrogens is 384 g/mol. The number of hydrogen-bond donors (Lipinski definition) is 0. The number of rotatable bonds is 7. The van der Waals surface area contributed by atoms with Crippen LogP contribution in [-0.4, -0.2) is 52.0 Å². The minimum Gasteiger partial charge on any atom is -0.340 e. The van der Waals surface area contributed by atoms with Gasteiger partial charge in [-0.2, -0.15) is 4.98 Å². The summed E-state index contributed by atoms with van der Waals surface area (Å²) in [5.74, 6) is 2.81. The van der Waals surface area contributed by atoms with E-state index >= 15 is 0 Å². The predicted octanol–water partition coefficient (Wildman–Crippen LogP) is 4.44. The van der Waals surface area contributed by atoms with Crippen molar-refractivity contribution in [1.82, 2.24) is 19.9 Å². The lowest BCUT2D eigenvalue weighted by atomic mass is 9.79. The first-order chi connectivity index (χ1) is 14.2. The maximum atomic E-state index is 12.9. The summed E-state index contributed by atoms with van der Waals surface area (Å²) in [6.07, 6.45) is 8.60. The van der Waals surface area contributed by atoms with Gasteiger partial charge in [0, 0.05) is 32.1 Å². The molecule has 4 rings (SSSR count). The molecule has 2 aromatic heterocycles. The van der Waals surface area contributed by atoms with Gasteiger partial charge in [-0.15, -0.1) is 11.3 Å². The van der Waals surface area contributed by atoms with Crippen LogP contribution >= 0.6 is 11.3 Å². The third kappa shape index (κ3) is 5.25. The van der Waals surface area contributed by atoms with E-state index in [0.717, 1.165) is 49.8 Å². The number of carbonyl (C=O) groups excluding carboxylic acids is 1. The van der Waals surface area contributed by atoms with Crippen molar-refractivity contribution < 1.29 is 9.32 Å². The highest BCUT2D eigenvalue weighted by atomic mass is 32.1. The van der Waals surface area contributed by atoms with E-state index in [2.05, 4.69) is 26.9 Å². The molecule has 7 heteroatoms. The fraction of sp³-hybridized carbons (Fsp3) is 0.682. The van der Waals surface area contributed by atoms with Crippen LogP contribution in [0.25, 0.3) is 10.7 Å². The number of thiophene rings is 1. The second kappa shape index (κ2) is 9.85. The molecule has 1 aliphatic carbocycles. The summed E-state index contributed by atoms with van der Waals surface area (Å²) in [5.41, 5.74) is 0. The molecular formula is C22H32N4O2S. The van der Waals surface area contributed by atoms with E-state index in [1.807, 2.05) is 17.5 Å². The highest BCUT2D eigenvalue weighted by Gasteiger charge is 2.31. The molecule has 0 spiro atoms. The molecule has 29 heavy (non-hydrogen) atoms. The monoisotopic (exact) mass is 416 g/mol. The number of nitrogens with zero attached hydrogens (tertiary/aromatic N) is 4. The summed E-state index contributed by atoms with van der Waals surface area (Å²) in [6, 6.07) is 3.99. The highest BCUT2D eigenvalue weighted by Crippen LogP contribution is 2.33. The van der Waals surface area contributed by atoms with E-state index in [9.17, 15) is 4.79 Å². The highest BCUT2D eigenvalue weighted by molar-refractivity contribution is 7.13. The fourth-order valence-corrected chi connectivity index (χ4v) is 5.24. The number of piperazine rings is 1. The normalized spacial score (nSPS) is 23.4. The number of carbonyl (C=O) groups is 1. The van der Waals surface area contributed by atoms with Gasteiger partial charge in [-0.3, -0.25) is 9.69 Å². The second-order valence-corrected chi connectivity index (χ2v) is 9.40. The van der Waals surface area contributed by atoms with Crippen LogP contribution in [-0.2, 0) is 11.3 Å². The molecule has 1 saturated carbocycles. The predicted molar refractivity (Wildman–Crippen MR) is 114 cm³/mol. The van der Waals surface area contributed by atoms with Crippen LogP contribution in [0.15, 0.2) is 22.0 Å². The van der Waals surface area contributed by atoms with Gasteiger partial charge >= 0.3 is 0 Å². The lowest BCUT2D eigenvalue weighted by molar-refractivity contribution is -0.138. The number of unbranched alkanes of at least 4 members (excludes halogenated alkanes) is 1. The van der Waals surface area contributed by atoms with Crippen molar-refractivity contribution in [2.24, 2.45) is 11.8 Å². The maximum Gasteiger partial charge on any atom is 0.241 e. The molecule has 2 fully saturated rings. The quantitative estimate of drug-likeness (QED) is 0.668. The molecule has 0 bridgehead atoms. The van der Waals surface area contributed by atoms with Gasteiger partial charge in [-0.05, 0) is 43.0 Å². The van der Waals surface area contributed by atoms with Crippen molar-refractivity contribution in [2.75, 3.05) is 26.2 Å². The minimum atomic E-state index is 0.253. The summed E-state index contributed by atoms with van der Waals surface area (Å²) < 4.78 is 5.42. The van der Waals surface area contributed by atoms with Crippen molar-refractivity contribution in [3.8, 4) is 10.7 Å². The smallest absolute Gasteiger partial charge is 0.241 e. The molecule has 1 amide bonds. The molecule has 0 radical (unpaired) electrons. The Hall–Kier alpha value is -1.73. The minimum absolute atomic E-state index is 0.253. The Morgan fingerprint density at radius 3 is 2.69 bits per heavy atom. The molecule has 1 saturated heterocycles. The molecule has 0 aromatic carbocycles. The van der Waals surface area contributed by atoms with Gasteiger partial charge in [-0.25, -0.2) is 0 Å². The Morgan fingerprint density at radius 2 is 2.00 bits per heavy atom. The summed E-state index contributed by atoms with van der Waals surface area (Å²) in [5, 5.41) is 6.10. The second-order valence-electron chi connectivity index (χ2n) is 8.45. The summed E-state index contributed by atoms with van der Waals surface area (Å²) >= 11 is 1.61. The Balaban J connectivity index is 1.21. The number of amides is 1. The van der Waals surface area contributed by atoms with Gasteiger partial charge in [0.05, 0.1) is 11.4 Å². The van der Waals surface area contributed by atoms with Crippen molar-refractivity contribution in [2.45, 2.75) is 58.4 Å². The first kappa shape index (κ1) is 20.5. The Morgan fingerprint density at radius 1 is 1.21 bits per heavy atom. The zero-order valence-corrected chi connectivity index (χ0v) is 18.2. The van der Waals surface area contributed by atoms with Crippen LogP contribution < -0.4 is 0 Å². The molecule has 3 heterocycles. The summed E-state index contributed by atoms with van der Waals surface area (Å²) in [7, 11) is 0. The summed E-state index contributed by atoms with van der Waals surface area (Å²) in [6.45, 7) is 6.27. The lowest BCUT2D eigenvalue weighted by Gasteiger charge is -2.37. The van der Waals surface area contributed by atoms with Gasteiger partial charge in [-0.1, -0.05) is 37.4 Å². The zero-order valence-electron chi connectivity index (χ0n) is 17.4. The van der Waals surface area contributed by atoms with Crippen molar-refractivity contribution in [1.29, 1.82) is 0 Å². The van der Waals surface area contributed by atoms with E-state index in [0.29, 0.717) is 24.2 Å². The van der Waals surface area contributed by atoms with Gasteiger partial charge in [0.1, 0.15) is 0 Å². The molecule has 2 aliphatic rings. The first-order valence-electron chi connectivity index (χ1n) is 11.1. The molecule has 2 aromatic rings. The zero-order chi connectivity index (χ0) is 20.1. The average molecular weight is 417 g/mol. The van der Waals surface area contributed by atoms with E-state index in [1.54, 1.807) is 11.3 Å². The molecule has 0 unspecified atom stereocenters. The summed E-state index contributed by atoms with van der Waals surface area (Å²) in [4.78, 5) is 22.9. The number of aromatic nitrogens is 2. The molecule has 0 N–H and O–H groups in total. The van der Waals surface area contributed by atoms with Gasteiger partial charge in [0.25, 0.3) is 0 Å². The standard InChI is InChI=1S/C22H32N4O2S/c1-2-3-5-17-7-9-18(10-8-17)22(27)26-13-11-25(12-14-26)16-20-23-21(24-28-20)19-6-4-15-29-19/h4,6,15,17-18H,2-3,5,7-14,16H2,1H3. The van der Waals surface area contributed by atoms with Gasteiger partial charge in [0.2, 0.25) is 17.6 Å². The van der Waals surface area contributed by atoms with E-state index in [4.69, 9.17) is 4.52 Å².